The van der Waals surface area contributed by atoms with Crippen LogP contribution in [0.3, 0.4) is 0 Å². The summed E-state index contributed by atoms with van der Waals surface area (Å²) in [5.74, 6) is -0.447. The summed E-state index contributed by atoms with van der Waals surface area (Å²) in [6.07, 6.45) is 0.455. The first-order valence-electron chi connectivity index (χ1n) is 7.11. The summed E-state index contributed by atoms with van der Waals surface area (Å²) in [6, 6.07) is 6.73. The quantitative estimate of drug-likeness (QED) is 0.685. The highest BCUT2D eigenvalue weighted by atomic mass is 16.5. The molecule has 0 aliphatic carbocycles. The third-order valence-corrected chi connectivity index (χ3v) is 3.05. The van der Waals surface area contributed by atoms with Gasteiger partial charge in [-0.15, -0.1) is 0 Å². The van der Waals surface area contributed by atoms with Gasteiger partial charge in [0.2, 0.25) is 0 Å². The Kier molecular flexibility index (Phi) is 6.88. The number of rotatable bonds is 9. The Balaban J connectivity index is 2.52. The Hall–Kier alpha value is -1.88. The van der Waals surface area contributed by atoms with Crippen molar-refractivity contribution in [3.63, 3.8) is 0 Å². The zero-order valence-corrected chi connectivity index (χ0v) is 12.8. The van der Waals surface area contributed by atoms with Crippen molar-refractivity contribution in [1.82, 2.24) is 0 Å². The molecule has 0 fully saturated rings. The molecule has 5 heteroatoms. The van der Waals surface area contributed by atoms with Gasteiger partial charge in [0, 0.05) is 17.9 Å². The largest absolute Gasteiger partial charge is 0.480 e. The number of hydrogen-bond donors (Lipinski definition) is 2. The van der Waals surface area contributed by atoms with E-state index in [9.17, 15) is 9.59 Å². The number of carboxylic acid groups (broad SMARTS) is 1. The molecule has 21 heavy (non-hydrogen) atoms. The van der Waals surface area contributed by atoms with Crippen molar-refractivity contribution in [2.45, 2.75) is 33.3 Å². The van der Waals surface area contributed by atoms with E-state index in [4.69, 9.17) is 9.84 Å². The van der Waals surface area contributed by atoms with Gasteiger partial charge < -0.3 is 15.2 Å². The summed E-state index contributed by atoms with van der Waals surface area (Å²) in [5.41, 5.74) is 1.23. The number of nitrogens with one attached hydrogen (secondary N) is 1. The van der Waals surface area contributed by atoms with Crippen molar-refractivity contribution >= 4 is 17.4 Å². The Bertz CT molecular complexity index is 468. The van der Waals surface area contributed by atoms with E-state index in [2.05, 4.69) is 19.2 Å². The second-order valence-corrected chi connectivity index (χ2v) is 5.38. The van der Waals surface area contributed by atoms with E-state index in [1.165, 1.54) is 0 Å². The Morgan fingerprint density at radius 1 is 1.19 bits per heavy atom. The number of ether oxygens (including phenoxy) is 1. The van der Waals surface area contributed by atoms with Gasteiger partial charge in [-0.25, -0.2) is 0 Å². The third kappa shape index (κ3) is 6.40. The van der Waals surface area contributed by atoms with Crippen LogP contribution in [0.4, 0.5) is 5.69 Å². The second kappa shape index (κ2) is 8.42. The van der Waals surface area contributed by atoms with Crippen molar-refractivity contribution in [2.24, 2.45) is 5.92 Å². The van der Waals surface area contributed by atoms with E-state index in [0.717, 1.165) is 6.42 Å². The zero-order valence-electron chi connectivity index (χ0n) is 12.8. The standard InChI is InChI=1S/C16H23NO4/c1-11(2)8-9-21-12(3)16(20)13-4-6-14(7-5-13)17-10-15(18)19/h4-7,11-12,17H,8-10H2,1-3H3,(H,18,19). The predicted octanol–water partition coefficient (Wildman–Crippen LogP) is 2.82. The van der Waals surface area contributed by atoms with Gasteiger partial charge in [0.1, 0.15) is 12.6 Å². The van der Waals surface area contributed by atoms with E-state index < -0.39 is 12.1 Å². The Labute approximate surface area is 125 Å². The maximum absolute atomic E-state index is 12.2. The lowest BCUT2D eigenvalue weighted by molar-refractivity contribution is -0.134. The number of carbonyl (C=O) groups excluding carboxylic acids is 1. The van der Waals surface area contributed by atoms with Crippen LogP contribution in [-0.4, -0.2) is 36.1 Å². The molecule has 0 saturated carbocycles. The van der Waals surface area contributed by atoms with E-state index in [-0.39, 0.29) is 12.3 Å². The van der Waals surface area contributed by atoms with Gasteiger partial charge >= 0.3 is 5.97 Å². The van der Waals surface area contributed by atoms with Gasteiger partial charge in [-0.1, -0.05) is 13.8 Å². The van der Waals surface area contributed by atoms with Gasteiger partial charge in [-0.2, -0.15) is 0 Å². The maximum Gasteiger partial charge on any atom is 0.322 e. The molecule has 1 unspecified atom stereocenters. The number of anilines is 1. The average Bonchev–Trinajstić information content (AvgIpc) is 2.44. The zero-order chi connectivity index (χ0) is 15.8. The first-order valence-corrected chi connectivity index (χ1v) is 7.11. The molecule has 0 amide bonds. The minimum Gasteiger partial charge on any atom is -0.480 e. The number of ketones is 1. The highest BCUT2D eigenvalue weighted by molar-refractivity contribution is 5.99. The molecule has 0 bridgehead atoms. The fraction of sp³-hybridized carbons (Fsp3) is 0.500. The lowest BCUT2D eigenvalue weighted by atomic mass is 10.1. The summed E-state index contributed by atoms with van der Waals surface area (Å²) >= 11 is 0. The lowest BCUT2D eigenvalue weighted by Crippen LogP contribution is -2.22. The first kappa shape index (κ1) is 17.2. The van der Waals surface area contributed by atoms with Gasteiger partial charge in [0.25, 0.3) is 0 Å². The van der Waals surface area contributed by atoms with Crippen LogP contribution in [0.15, 0.2) is 24.3 Å². The molecule has 0 radical (unpaired) electrons. The molecule has 1 rings (SSSR count). The summed E-state index contributed by atoms with van der Waals surface area (Å²) in [4.78, 5) is 22.6. The van der Waals surface area contributed by atoms with Crippen molar-refractivity contribution < 1.29 is 19.4 Å². The van der Waals surface area contributed by atoms with E-state index in [1.54, 1.807) is 31.2 Å². The average molecular weight is 293 g/mol. The monoisotopic (exact) mass is 293 g/mol. The summed E-state index contributed by atoms with van der Waals surface area (Å²) < 4.78 is 5.54. The van der Waals surface area contributed by atoms with E-state index in [0.29, 0.717) is 23.8 Å². The molecule has 2 N–H and O–H groups in total. The normalized spacial score (nSPS) is 12.2. The summed E-state index contributed by atoms with van der Waals surface area (Å²) in [6.45, 7) is 6.39. The van der Waals surface area contributed by atoms with Crippen LogP contribution >= 0.6 is 0 Å². The van der Waals surface area contributed by atoms with Gasteiger partial charge in [-0.3, -0.25) is 9.59 Å². The fourth-order valence-electron chi connectivity index (χ4n) is 1.72. The predicted molar refractivity (Wildman–Crippen MR) is 81.8 cm³/mol. The molecule has 1 atom stereocenters. The smallest absolute Gasteiger partial charge is 0.322 e. The van der Waals surface area contributed by atoms with Crippen molar-refractivity contribution in [3.05, 3.63) is 29.8 Å². The molecule has 0 aromatic heterocycles. The summed E-state index contributed by atoms with van der Waals surface area (Å²) in [5, 5.41) is 11.3. The van der Waals surface area contributed by atoms with Crippen molar-refractivity contribution in [3.8, 4) is 0 Å². The number of carbonyl (C=O) groups is 2. The highest BCUT2D eigenvalue weighted by Gasteiger charge is 2.15. The molecule has 0 aliphatic heterocycles. The number of aliphatic carboxylic acids is 1. The molecule has 0 heterocycles. The molecular formula is C16H23NO4. The minimum atomic E-state index is -0.928. The Morgan fingerprint density at radius 3 is 2.33 bits per heavy atom. The molecule has 0 spiro atoms. The van der Waals surface area contributed by atoms with Crippen LogP contribution in [-0.2, 0) is 9.53 Å². The van der Waals surface area contributed by atoms with Crippen molar-refractivity contribution in [2.75, 3.05) is 18.5 Å². The molecule has 0 aliphatic rings. The van der Waals surface area contributed by atoms with Crippen molar-refractivity contribution in [1.29, 1.82) is 0 Å². The van der Waals surface area contributed by atoms with Crippen LogP contribution in [0.25, 0.3) is 0 Å². The molecule has 1 aromatic rings. The second-order valence-electron chi connectivity index (χ2n) is 5.38. The molecular weight excluding hydrogens is 270 g/mol. The van der Waals surface area contributed by atoms with Gasteiger partial charge in [-0.05, 0) is 43.5 Å². The Morgan fingerprint density at radius 2 is 1.81 bits per heavy atom. The number of benzene rings is 1. The molecule has 5 nitrogen and oxygen atoms in total. The van der Waals surface area contributed by atoms with E-state index in [1.807, 2.05) is 0 Å². The topological polar surface area (TPSA) is 75.6 Å². The highest BCUT2D eigenvalue weighted by Crippen LogP contribution is 2.13. The lowest BCUT2D eigenvalue weighted by Gasteiger charge is -2.13. The van der Waals surface area contributed by atoms with Crippen LogP contribution in [0, 0.1) is 5.92 Å². The van der Waals surface area contributed by atoms with Gasteiger partial charge in [0.15, 0.2) is 5.78 Å². The number of carboxylic acids is 1. The fourth-order valence-corrected chi connectivity index (χ4v) is 1.72. The minimum absolute atomic E-state index is 0.0662. The van der Waals surface area contributed by atoms with Crippen LogP contribution in [0.5, 0.6) is 0 Å². The number of hydrogen-bond acceptors (Lipinski definition) is 4. The summed E-state index contributed by atoms with van der Waals surface area (Å²) in [7, 11) is 0. The molecule has 1 aromatic carbocycles. The SMILES string of the molecule is CC(C)CCOC(C)C(=O)c1ccc(NCC(=O)O)cc1. The molecule has 0 saturated heterocycles. The molecule has 116 valence electrons. The third-order valence-electron chi connectivity index (χ3n) is 3.05. The maximum atomic E-state index is 12.2. The van der Waals surface area contributed by atoms with Crippen LogP contribution in [0.1, 0.15) is 37.6 Å². The number of Topliss-reactive ketones (excluding diaryl/α,β-unsaturated/α-hetero) is 1. The first-order chi connectivity index (χ1) is 9.90. The van der Waals surface area contributed by atoms with Crippen LogP contribution in [0.2, 0.25) is 0 Å². The van der Waals surface area contributed by atoms with Crippen LogP contribution < -0.4 is 5.32 Å². The van der Waals surface area contributed by atoms with E-state index >= 15 is 0 Å². The van der Waals surface area contributed by atoms with Gasteiger partial charge in [0.05, 0.1) is 0 Å².